The van der Waals surface area contributed by atoms with E-state index in [4.69, 9.17) is 0 Å². The molecule has 2 aliphatic heterocycles. The molecule has 0 unspecified atom stereocenters. The highest BCUT2D eigenvalue weighted by Gasteiger charge is 2.16. The number of aliphatic hydroxyl groups is 1. The lowest BCUT2D eigenvalue weighted by atomic mass is 9.99. The van der Waals surface area contributed by atoms with Gasteiger partial charge >= 0.3 is 0 Å². The molecule has 0 aromatic heterocycles. The van der Waals surface area contributed by atoms with E-state index in [-0.39, 0.29) is 6.10 Å². The van der Waals surface area contributed by atoms with Crippen molar-refractivity contribution in [2.24, 2.45) is 4.99 Å². The van der Waals surface area contributed by atoms with Crippen LogP contribution in [-0.2, 0) is 6.54 Å². The summed E-state index contributed by atoms with van der Waals surface area (Å²) >= 11 is 3.56. The number of anilines is 1. The van der Waals surface area contributed by atoms with Crippen molar-refractivity contribution in [3.63, 3.8) is 0 Å². The van der Waals surface area contributed by atoms with E-state index >= 15 is 0 Å². The van der Waals surface area contributed by atoms with Gasteiger partial charge < -0.3 is 10.4 Å². The van der Waals surface area contributed by atoms with Gasteiger partial charge in [-0.1, -0.05) is 34.1 Å². The normalized spacial score (nSPS) is 19.3. The highest BCUT2D eigenvalue weighted by molar-refractivity contribution is 9.10. The molecule has 1 fully saturated rings. The van der Waals surface area contributed by atoms with E-state index in [1.54, 1.807) is 0 Å². The van der Waals surface area contributed by atoms with Crippen LogP contribution in [0.25, 0.3) is 5.57 Å². The molecule has 0 saturated carbocycles. The minimum atomic E-state index is -0.115. The van der Waals surface area contributed by atoms with Crippen LogP contribution in [0.4, 0.5) is 5.69 Å². The minimum Gasteiger partial charge on any atom is -0.393 e. The summed E-state index contributed by atoms with van der Waals surface area (Å²) in [5.41, 5.74) is 5.94. The second kappa shape index (κ2) is 8.38. The van der Waals surface area contributed by atoms with Crippen molar-refractivity contribution in [3.05, 3.63) is 69.8 Å². The third-order valence-electron chi connectivity index (χ3n) is 5.18. The molecule has 2 aromatic rings. The summed E-state index contributed by atoms with van der Waals surface area (Å²) in [5, 5.41) is 13.0. The van der Waals surface area contributed by atoms with E-state index in [9.17, 15) is 5.11 Å². The third-order valence-corrected chi connectivity index (χ3v) is 5.68. The molecule has 2 N–H and O–H groups in total. The summed E-state index contributed by atoms with van der Waals surface area (Å²) in [5.74, 6) is 0. The number of rotatable bonds is 4. The van der Waals surface area contributed by atoms with Gasteiger partial charge in [0.2, 0.25) is 0 Å². The Morgan fingerprint density at radius 2 is 1.93 bits per heavy atom. The quantitative estimate of drug-likeness (QED) is 0.767. The average Bonchev–Trinajstić information content (AvgIpc) is 2.69. The minimum absolute atomic E-state index is 0.115. The second-order valence-electron chi connectivity index (χ2n) is 7.22. The molecule has 1 saturated heterocycles. The molecule has 0 atom stereocenters. The van der Waals surface area contributed by atoms with Gasteiger partial charge in [0.25, 0.3) is 0 Å². The van der Waals surface area contributed by atoms with Crippen LogP contribution in [0.2, 0.25) is 0 Å². The Balaban J connectivity index is 1.40. The zero-order valence-corrected chi connectivity index (χ0v) is 16.8. The van der Waals surface area contributed by atoms with Gasteiger partial charge in [-0.3, -0.25) is 9.89 Å². The van der Waals surface area contributed by atoms with Crippen LogP contribution in [0.15, 0.2) is 58.1 Å². The van der Waals surface area contributed by atoms with Crippen LogP contribution < -0.4 is 5.32 Å². The molecule has 4 rings (SSSR count). The van der Waals surface area contributed by atoms with Crippen LogP contribution in [0, 0.1) is 0 Å². The van der Waals surface area contributed by atoms with Crippen LogP contribution in [-0.4, -0.2) is 42.0 Å². The van der Waals surface area contributed by atoms with Crippen LogP contribution in [0.5, 0.6) is 0 Å². The van der Waals surface area contributed by atoms with Crippen molar-refractivity contribution in [2.75, 3.05) is 25.0 Å². The van der Waals surface area contributed by atoms with E-state index in [0.717, 1.165) is 48.2 Å². The van der Waals surface area contributed by atoms with Crippen molar-refractivity contribution in [1.82, 2.24) is 4.90 Å². The van der Waals surface area contributed by atoms with E-state index in [2.05, 4.69) is 73.7 Å². The maximum atomic E-state index is 9.62. The maximum Gasteiger partial charge on any atom is 0.0660 e. The number of halogens is 1. The molecule has 2 heterocycles. The molecular formula is C22H24BrN3O. The monoisotopic (exact) mass is 425 g/mol. The summed E-state index contributed by atoms with van der Waals surface area (Å²) in [6.45, 7) is 3.59. The molecule has 2 aliphatic rings. The number of aliphatic imine (C=N–C) groups is 1. The van der Waals surface area contributed by atoms with Gasteiger partial charge in [-0.05, 0) is 59.4 Å². The third kappa shape index (κ3) is 4.67. The second-order valence-corrected chi connectivity index (χ2v) is 8.14. The van der Waals surface area contributed by atoms with Crippen molar-refractivity contribution < 1.29 is 5.11 Å². The van der Waals surface area contributed by atoms with Gasteiger partial charge in [0.15, 0.2) is 0 Å². The first-order valence-electron chi connectivity index (χ1n) is 9.42. The number of hydrogen-bond acceptors (Lipinski definition) is 4. The first kappa shape index (κ1) is 18.4. The zero-order valence-electron chi connectivity index (χ0n) is 15.2. The summed E-state index contributed by atoms with van der Waals surface area (Å²) in [6.07, 6.45) is 5.65. The Morgan fingerprint density at radius 3 is 2.70 bits per heavy atom. The Hall–Kier alpha value is -1.95. The van der Waals surface area contributed by atoms with Gasteiger partial charge in [0.1, 0.15) is 0 Å². The molecule has 27 heavy (non-hydrogen) atoms. The Morgan fingerprint density at radius 1 is 1.15 bits per heavy atom. The highest BCUT2D eigenvalue weighted by Crippen LogP contribution is 2.26. The predicted octanol–water partition coefficient (Wildman–Crippen LogP) is 4.29. The van der Waals surface area contributed by atoms with Crippen molar-refractivity contribution in [3.8, 4) is 0 Å². The molecule has 0 amide bonds. The van der Waals surface area contributed by atoms with Crippen LogP contribution in [0.3, 0.4) is 0 Å². The molecule has 0 bridgehead atoms. The summed E-state index contributed by atoms with van der Waals surface area (Å²) < 4.78 is 1.08. The van der Waals surface area contributed by atoms with Crippen molar-refractivity contribution in [1.29, 1.82) is 0 Å². The smallest absolute Gasteiger partial charge is 0.0660 e. The van der Waals surface area contributed by atoms with Crippen LogP contribution in [0.1, 0.15) is 29.5 Å². The summed E-state index contributed by atoms with van der Waals surface area (Å²) in [6, 6.07) is 14.9. The fourth-order valence-corrected chi connectivity index (χ4v) is 3.94. The topological polar surface area (TPSA) is 47.9 Å². The molecule has 0 aliphatic carbocycles. The largest absolute Gasteiger partial charge is 0.393 e. The molecule has 140 valence electrons. The fourth-order valence-electron chi connectivity index (χ4n) is 3.58. The first-order chi connectivity index (χ1) is 13.2. The standard InChI is InChI=1S/C22H24BrN3O/c23-19-4-3-17-12-24-13-18(22(17)11-19)14-25-20-5-1-16(2-6-20)15-26-9-7-21(27)8-10-26/h1-6,11-12,14,21,25,27H,7-10,13,15H2/b18-14+. The number of nitrogens with one attached hydrogen (secondary N) is 1. The molecule has 0 radical (unpaired) electrons. The summed E-state index contributed by atoms with van der Waals surface area (Å²) in [4.78, 5) is 6.86. The number of aliphatic hydroxyl groups excluding tert-OH is 1. The molecule has 0 spiro atoms. The number of likely N-dealkylation sites (tertiary alicyclic amines) is 1. The number of hydrogen-bond donors (Lipinski definition) is 2. The van der Waals surface area contributed by atoms with Gasteiger partial charge in [-0.2, -0.15) is 0 Å². The Bertz CT molecular complexity index is 852. The number of piperidine rings is 1. The lowest BCUT2D eigenvalue weighted by Crippen LogP contribution is -2.35. The SMILES string of the molecule is OC1CCN(Cc2ccc(N/C=C3\CN=Cc4ccc(Br)cc43)cc2)CC1. The zero-order chi connectivity index (χ0) is 18.6. The number of fused-ring (bicyclic) bond motifs is 1. The molecule has 2 aromatic carbocycles. The first-order valence-corrected chi connectivity index (χ1v) is 10.2. The predicted molar refractivity (Wildman–Crippen MR) is 115 cm³/mol. The van der Waals surface area contributed by atoms with E-state index in [1.807, 2.05) is 12.3 Å². The number of benzene rings is 2. The van der Waals surface area contributed by atoms with Crippen molar-refractivity contribution >= 4 is 33.4 Å². The Labute approximate surface area is 168 Å². The molecule has 5 heteroatoms. The van der Waals surface area contributed by atoms with Gasteiger partial charge in [-0.25, -0.2) is 0 Å². The molecular weight excluding hydrogens is 402 g/mol. The lowest BCUT2D eigenvalue weighted by molar-refractivity contribution is 0.0792. The molecule has 4 nitrogen and oxygen atoms in total. The summed E-state index contributed by atoms with van der Waals surface area (Å²) in [7, 11) is 0. The van der Waals surface area contributed by atoms with E-state index < -0.39 is 0 Å². The van der Waals surface area contributed by atoms with E-state index in [0.29, 0.717) is 6.54 Å². The van der Waals surface area contributed by atoms with Gasteiger partial charge in [0, 0.05) is 42.2 Å². The van der Waals surface area contributed by atoms with Gasteiger partial charge in [-0.15, -0.1) is 0 Å². The Kier molecular flexibility index (Phi) is 5.72. The van der Waals surface area contributed by atoms with Crippen molar-refractivity contribution in [2.45, 2.75) is 25.5 Å². The fraction of sp³-hybridized carbons (Fsp3) is 0.318. The lowest BCUT2D eigenvalue weighted by Gasteiger charge is -2.29. The highest BCUT2D eigenvalue weighted by atomic mass is 79.9. The van der Waals surface area contributed by atoms with E-state index in [1.165, 1.54) is 16.7 Å². The number of nitrogens with zero attached hydrogens (tertiary/aromatic N) is 2. The maximum absolute atomic E-state index is 9.62. The van der Waals surface area contributed by atoms with Crippen LogP contribution >= 0.6 is 15.9 Å². The average molecular weight is 426 g/mol. The van der Waals surface area contributed by atoms with Gasteiger partial charge in [0.05, 0.1) is 12.6 Å².